The monoisotopic (exact) mass is 480 g/mol. The van der Waals surface area contributed by atoms with Gasteiger partial charge in [-0.15, -0.1) is 0 Å². The molecule has 0 radical (unpaired) electrons. The van der Waals surface area contributed by atoms with Gasteiger partial charge in [0.15, 0.2) is 0 Å². The maximum absolute atomic E-state index is 5.13. The molecule has 1 aliphatic heterocycles. The first-order chi connectivity index (χ1) is 15.2. The number of nitrogens with zero attached hydrogens (tertiary/aromatic N) is 2. The van der Waals surface area contributed by atoms with Gasteiger partial charge in [0, 0.05) is 0 Å². The molecule has 0 saturated carbocycles. The van der Waals surface area contributed by atoms with Gasteiger partial charge in [-0.25, -0.2) is 0 Å². The Hall–Kier alpha value is -2.16. The number of hydrogen-bond acceptors (Lipinski definition) is 2. The van der Waals surface area contributed by atoms with Crippen molar-refractivity contribution in [2.24, 2.45) is 0 Å². The molecule has 0 spiro atoms. The summed E-state index contributed by atoms with van der Waals surface area (Å²) in [5, 5.41) is 7.62. The minimum absolute atomic E-state index is 0.261. The number of nitrogens with one attached hydrogen (secondary N) is 1. The van der Waals surface area contributed by atoms with Crippen LogP contribution in [0.5, 0.6) is 0 Å². The molecule has 0 bridgehead atoms. The molecule has 4 heteroatoms. The van der Waals surface area contributed by atoms with E-state index < -0.39 is 0 Å². The number of aromatic nitrogens is 1. The molecule has 0 unspecified atom stereocenters. The molecule has 0 fully saturated rings. The van der Waals surface area contributed by atoms with Crippen molar-refractivity contribution in [1.82, 2.24) is 9.56 Å². The molecule has 2 aromatic rings. The zero-order valence-electron chi connectivity index (χ0n) is 19.1. The second-order valence-corrected chi connectivity index (χ2v) is 10.5. The van der Waals surface area contributed by atoms with Gasteiger partial charge >= 0.3 is 192 Å². The van der Waals surface area contributed by atoms with E-state index in [1.54, 1.807) is 0 Å². The van der Waals surface area contributed by atoms with Crippen LogP contribution < -0.4 is 15.2 Å². The van der Waals surface area contributed by atoms with Crippen LogP contribution in [0.4, 0.5) is 5.69 Å². The second kappa shape index (κ2) is 10.4. The summed E-state index contributed by atoms with van der Waals surface area (Å²) in [4.78, 5) is 5.13. The Labute approximate surface area is 191 Å². The molecule has 0 aromatic heterocycles. The zero-order chi connectivity index (χ0) is 21.6. The Morgan fingerprint density at radius 1 is 0.871 bits per heavy atom. The summed E-state index contributed by atoms with van der Waals surface area (Å²) in [5.41, 5.74) is 3.59. The first kappa shape index (κ1) is 22.0. The number of fused-ring (bicyclic) bond motifs is 4. The van der Waals surface area contributed by atoms with Crippen LogP contribution in [0.1, 0.15) is 52.9 Å². The van der Waals surface area contributed by atoms with Crippen molar-refractivity contribution in [2.45, 2.75) is 52.9 Å². The van der Waals surface area contributed by atoms with Gasteiger partial charge < -0.3 is 0 Å². The topological polar surface area (TPSA) is 27.9 Å². The van der Waals surface area contributed by atoms with Gasteiger partial charge in [0.2, 0.25) is 0 Å². The Kier molecular flexibility index (Phi) is 7.42. The van der Waals surface area contributed by atoms with E-state index in [0.29, 0.717) is 0 Å². The van der Waals surface area contributed by atoms with E-state index in [0.717, 1.165) is 25.3 Å². The molecule has 0 atom stereocenters. The summed E-state index contributed by atoms with van der Waals surface area (Å²) >= 11 is 0.261. The van der Waals surface area contributed by atoms with Gasteiger partial charge in [0.1, 0.15) is 0 Å². The van der Waals surface area contributed by atoms with Crippen LogP contribution in [0.2, 0.25) is 0 Å². The molecule has 1 N–H and O–H groups in total. The van der Waals surface area contributed by atoms with Gasteiger partial charge in [0.25, 0.3) is 0 Å². The first-order valence-corrected chi connectivity index (χ1v) is 13.5. The van der Waals surface area contributed by atoms with E-state index in [2.05, 4.69) is 79.2 Å². The molecule has 4 rings (SSSR count). The molecular weight excluding hydrogens is 445 g/mol. The summed E-state index contributed by atoms with van der Waals surface area (Å²) in [6.07, 6.45) is 6.53. The van der Waals surface area contributed by atoms with Crippen molar-refractivity contribution in [2.75, 3.05) is 25.0 Å². The predicted octanol–water partition coefficient (Wildman–Crippen LogP) is 5.74. The summed E-state index contributed by atoms with van der Waals surface area (Å²) in [6, 6.07) is 17.9. The van der Waals surface area contributed by atoms with E-state index in [4.69, 9.17) is 4.98 Å². The van der Waals surface area contributed by atoms with Gasteiger partial charge in [-0.2, -0.15) is 0 Å². The molecule has 1 aliphatic carbocycles. The fraction of sp³-hybridized carbons (Fsp3) is 0.407. The van der Waals surface area contributed by atoms with Crippen molar-refractivity contribution in [3.05, 3.63) is 53.9 Å². The molecule has 1 heterocycles. The van der Waals surface area contributed by atoms with Crippen LogP contribution in [0.15, 0.2) is 48.5 Å². The predicted molar refractivity (Wildman–Crippen MR) is 136 cm³/mol. The Morgan fingerprint density at radius 2 is 1.65 bits per heavy atom. The number of rotatable bonds is 9. The van der Waals surface area contributed by atoms with E-state index >= 15 is 0 Å². The molecule has 162 valence electrons. The SMILES string of the molecule is CCCCCCCNc1cc2[se]c3cc(=[N+](CC)CC)ccc-3nc2c2ccccc12. The molecular formula is C27H34N3Se+. The fourth-order valence-electron chi connectivity index (χ4n) is 4.33. The van der Waals surface area contributed by atoms with Gasteiger partial charge in [-0.1, -0.05) is 0 Å². The van der Waals surface area contributed by atoms with Crippen molar-refractivity contribution in [1.29, 1.82) is 0 Å². The third kappa shape index (κ3) is 4.86. The number of benzene rings is 3. The molecule has 3 nitrogen and oxygen atoms in total. The van der Waals surface area contributed by atoms with Gasteiger partial charge in [-0.05, 0) is 0 Å². The van der Waals surface area contributed by atoms with Crippen LogP contribution in [0.25, 0.3) is 30.7 Å². The van der Waals surface area contributed by atoms with Crippen LogP contribution in [-0.2, 0) is 0 Å². The van der Waals surface area contributed by atoms with E-state index in [1.807, 2.05) is 0 Å². The summed E-state index contributed by atoms with van der Waals surface area (Å²) < 4.78 is 5.20. The quantitative estimate of drug-likeness (QED) is 0.109. The van der Waals surface area contributed by atoms with Gasteiger partial charge in [-0.3, -0.25) is 0 Å². The molecule has 0 saturated heterocycles. The van der Waals surface area contributed by atoms with E-state index in [9.17, 15) is 0 Å². The normalized spacial score (nSPS) is 11.5. The van der Waals surface area contributed by atoms with Crippen LogP contribution in [0, 0.1) is 0 Å². The van der Waals surface area contributed by atoms with Crippen molar-refractivity contribution in [3.8, 4) is 10.1 Å². The molecule has 31 heavy (non-hydrogen) atoms. The Balaban J connectivity index is 1.76. The van der Waals surface area contributed by atoms with Crippen molar-refractivity contribution < 1.29 is 0 Å². The standard InChI is InChI=1S/C27H33N3Se/c1-4-7-8-9-12-17-28-24-19-26-27(22-14-11-10-13-21(22)24)29-23-16-15-20(18-25(23)31-26)30(5-2)6-3/h10-11,13-16,18-19H,4-9,12,17H2,1-3H3/p+1. The third-order valence-corrected chi connectivity index (χ3v) is 8.36. The van der Waals surface area contributed by atoms with E-state index in [1.165, 1.54) is 68.1 Å². The van der Waals surface area contributed by atoms with Crippen LogP contribution in [0.3, 0.4) is 0 Å². The average Bonchev–Trinajstić information content (AvgIpc) is 2.81. The Morgan fingerprint density at radius 3 is 2.42 bits per heavy atom. The maximum atomic E-state index is 5.13. The third-order valence-electron chi connectivity index (χ3n) is 6.10. The Bertz CT molecular complexity index is 1200. The summed E-state index contributed by atoms with van der Waals surface area (Å²) in [7, 11) is 0. The van der Waals surface area contributed by atoms with E-state index in [-0.39, 0.29) is 14.5 Å². The average molecular weight is 480 g/mol. The second-order valence-electron chi connectivity index (χ2n) is 8.20. The van der Waals surface area contributed by atoms with Gasteiger partial charge in [0.05, 0.1) is 0 Å². The molecule has 0 amide bonds. The number of hydrogen-bond donors (Lipinski definition) is 1. The fourth-order valence-corrected chi connectivity index (χ4v) is 6.56. The zero-order valence-corrected chi connectivity index (χ0v) is 20.8. The number of anilines is 1. The minimum atomic E-state index is 0.261. The van der Waals surface area contributed by atoms with Crippen LogP contribution in [-0.4, -0.2) is 39.1 Å². The summed E-state index contributed by atoms with van der Waals surface area (Å²) in [6.45, 7) is 9.83. The number of unbranched alkanes of at least 4 members (excludes halogenated alkanes) is 4. The van der Waals surface area contributed by atoms with Crippen molar-refractivity contribution in [3.63, 3.8) is 0 Å². The molecule has 2 aromatic carbocycles. The van der Waals surface area contributed by atoms with Crippen LogP contribution >= 0.6 is 0 Å². The first-order valence-electron chi connectivity index (χ1n) is 11.8. The van der Waals surface area contributed by atoms with Crippen molar-refractivity contribution >= 4 is 40.7 Å². The summed E-state index contributed by atoms with van der Waals surface area (Å²) in [5.74, 6) is 0. The molecule has 2 aliphatic rings.